The van der Waals surface area contributed by atoms with Crippen LogP contribution in [0, 0.1) is 5.92 Å². The number of hydrogen-bond donors (Lipinski definition) is 1. The van der Waals surface area contributed by atoms with Gasteiger partial charge in [0, 0.05) is 18.6 Å². The molecular formula is C19H38N2. The van der Waals surface area contributed by atoms with E-state index in [2.05, 4.69) is 24.2 Å². The smallest absolute Gasteiger partial charge is 0.0249 e. The average Bonchev–Trinajstić information content (AvgIpc) is 2.48. The minimum Gasteiger partial charge on any atom is -0.315 e. The largest absolute Gasteiger partial charge is 0.315 e. The molecule has 1 N–H and O–H groups in total. The summed E-state index contributed by atoms with van der Waals surface area (Å²) in [6.45, 7) is 5.12. The topological polar surface area (TPSA) is 15.3 Å². The second-order valence-corrected chi connectivity index (χ2v) is 7.61. The summed E-state index contributed by atoms with van der Waals surface area (Å²) in [5.41, 5.74) is 0. The predicted octanol–water partition coefficient (Wildman–Crippen LogP) is 4.59. The summed E-state index contributed by atoms with van der Waals surface area (Å²) in [4.78, 5) is 2.83. The van der Waals surface area contributed by atoms with Crippen molar-refractivity contribution in [3.8, 4) is 0 Å². The number of likely N-dealkylation sites (N-methyl/N-ethyl adjacent to an activating group) is 1. The molecule has 0 spiro atoms. The van der Waals surface area contributed by atoms with Crippen molar-refractivity contribution >= 4 is 0 Å². The van der Waals surface area contributed by atoms with Crippen LogP contribution in [0.3, 0.4) is 0 Å². The van der Waals surface area contributed by atoms with Gasteiger partial charge in [-0.15, -0.1) is 0 Å². The van der Waals surface area contributed by atoms with Crippen LogP contribution < -0.4 is 5.32 Å². The molecule has 2 aliphatic rings. The van der Waals surface area contributed by atoms with Crippen LogP contribution in [0.25, 0.3) is 0 Å². The number of nitrogens with one attached hydrogen (secondary N) is 1. The van der Waals surface area contributed by atoms with E-state index >= 15 is 0 Å². The molecule has 0 amide bonds. The van der Waals surface area contributed by atoms with E-state index in [4.69, 9.17) is 0 Å². The number of nitrogens with zero attached hydrogens (tertiary/aromatic N) is 1. The Hall–Kier alpha value is -0.0800. The summed E-state index contributed by atoms with van der Waals surface area (Å²) in [5, 5.41) is 3.68. The Morgan fingerprint density at radius 2 is 1.38 bits per heavy atom. The van der Waals surface area contributed by atoms with Crippen molar-refractivity contribution < 1.29 is 0 Å². The first-order chi connectivity index (χ1) is 10.3. The molecule has 0 aromatic heterocycles. The van der Waals surface area contributed by atoms with Gasteiger partial charge in [-0.25, -0.2) is 0 Å². The summed E-state index contributed by atoms with van der Waals surface area (Å²) in [6.07, 6.45) is 17.3. The fourth-order valence-electron chi connectivity index (χ4n) is 4.47. The molecule has 2 heteroatoms. The zero-order valence-electron chi connectivity index (χ0n) is 14.6. The van der Waals surface area contributed by atoms with Crippen molar-refractivity contribution in [3.63, 3.8) is 0 Å². The van der Waals surface area contributed by atoms with Crippen molar-refractivity contribution in [2.24, 2.45) is 5.92 Å². The molecule has 0 aromatic carbocycles. The van der Waals surface area contributed by atoms with Gasteiger partial charge in [0.15, 0.2) is 0 Å². The van der Waals surface area contributed by atoms with Crippen molar-refractivity contribution in [3.05, 3.63) is 0 Å². The Labute approximate surface area is 133 Å². The third-order valence-electron chi connectivity index (χ3n) is 5.76. The van der Waals surface area contributed by atoms with Crippen molar-refractivity contribution in [2.45, 2.75) is 96.1 Å². The van der Waals surface area contributed by atoms with Crippen LogP contribution in [0.4, 0.5) is 0 Å². The van der Waals surface area contributed by atoms with Gasteiger partial charge in [0.1, 0.15) is 0 Å². The highest BCUT2D eigenvalue weighted by Crippen LogP contribution is 2.25. The highest BCUT2D eigenvalue weighted by Gasteiger charge is 2.28. The van der Waals surface area contributed by atoms with Crippen LogP contribution in [0.15, 0.2) is 0 Å². The van der Waals surface area contributed by atoms with Gasteiger partial charge in [0.2, 0.25) is 0 Å². The Bertz CT molecular complexity index is 266. The molecule has 1 saturated heterocycles. The standard InChI is InChI=1S/C19H38N2/c1-17-12-11-15-21(16-17)19-14-10-8-6-4-3-5-7-9-13-18(19)20-2/h17-20H,3-16H2,1-2H3. The van der Waals surface area contributed by atoms with E-state index in [-0.39, 0.29) is 0 Å². The van der Waals surface area contributed by atoms with Gasteiger partial charge in [-0.2, -0.15) is 0 Å². The average molecular weight is 295 g/mol. The van der Waals surface area contributed by atoms with Gasteiger partial charge in [0.05, 0.1) is 0 Å². The Kier molecular flexibility index (Phi) is 8.10. The third kappa shape index (κ3) is 5.90. The molecule has 1 aliphatic heterocycles. The second kappa shape index (κ2) is 9.84. The zero-order chi connectivity index (χ0) is 14.9. The molecular weight excluding hydrogens is 256 g/mol. The van der Waals surface area contributed by atoms with Crippen LogP contribution >= 0.6 is 0 Å². The van der Waals surface area contributed by atoms with Crippen molar-refractivity contribution in [1.29, 1.82) is 0 Å². The van der Waals surface area contributed by atoms with E-state index in [1.165, 1.54) is 90.1 Å². The summed E-state index contributed by atoms with van der Waals surface area (Å²) in [5.74, 6) is 0.901. The molecule has 2 fully saturated rings. The third-order valence-corrected chi connectivity index (χ3v) is 5.76. The molecule has 1 saturated carbocycles. The molecule has 0 bridgehead atoms. The van der Waals surface area contributed by atoms with E-state index in [0.717, 1.165) is 18.0 Å². The minimum atomic E-state index is 0.717. The maximum absolute atomic E-state index is 3.68. The molecule has 0 radical (unpaired) electrons. The number of likely N-dealkylation sites (tertiary alicyclic amines) is 1. The van der Waals surface area contributed by atoms with E-state index in [1.807, 2.05) is 0 Å². The van der Waals surface area contributed by atoms with Crippen molar-refractivity contribution in [1.82, 2.24) is 10.2 Å². The maximum Gasteiger partial charge on any atom is 0.0249 e. The Balaban J connectivity index is 1.95. The molecule has 2 rings (SSSR count). The van der Waals surface area contributed by atoms with Gasteiger partial charge < -0.3 is 5.32 Å². The van der Waals surface area contributed by atoms with Crippen LogP contribution in [0.5, 0.6) is 0 Å². The second-order valence-electron chi connectivity index (χ2n) is 7.61. The highest BCUT2D eigenvalue weighted by molar-refractivity contribution is 4.86. The predicted molar refractivity (Wildman–Crippen MR) is 92.8 cm³/mol. The van der Waals surface area contributed by atoms with E-state index in [9.17, 15) is 0 Å². The number of hydrogen-bond acceptors (Lipinski definition) is 2. The van der Waals surface area contributed by atoms with Gasteiger partial charge in [0.25, 0.3) is 0 Å². The van der Waals surface area contributed by atoms with Crippen LogP contribution in [0.1, 0.15) is 84.0 Å². The SMILES string of the molecule is CNC1CCCCCCCCCCC1N1CCCC(C)C1. The van der Waals surface area contributed by atoms with Gasteiger partial charge in [-0.05, 0) is 45.2 Å². The van der Waals surface area contributed by atoms with Crippen LogP contribution in [0.2, 0.25) is 0 Å². The van der Waals surface area contributed by atoms with E-state index in [0.29, 0.717) is 0 Å². The van der Waals surface area contributed by atoms with Gasteiger partial charge >= 0.3 is 0 Å². The summed E-state index contributed by atoms with van der Waals surface area (Å²) >= 11 is 0. The van der Waals surface area contributed by atoms with Crippen LogP contribution in [-0.4, -0.2) is 37.1 Å². The fourth-order valence-corrected chi connectivity index (χ4v) is 4.47. The first kappa shape index (κ1) is 17.3. The first-order valence-electron chi connectivity index (χ1n) is 9.72. The Morgan fingerprint density at radius 1 is 0.762 bits per heavy atom. The molecule has 3 unspecified atom stereocenters. The van der Waals surface area contributed by atoms with Crippen LogP contribution in [-0.2, 0) is 0 Å². The molecule has 1 aliphatic carbocycles. The monoisotopic (exact) mass is 294 g/mol. The fraction of sp³-hybridized carbons (Fsp3) is 1.00. The van der Waals surface area contributed by atoms with E-state index < -0.39 is 0 Å². The first-order valence-corrected chi connectivity index (χ1v) is 9.72. The molecule has 0 aromatic rings. The maximum atomic E-state index is 3.68. The normalized spacial score (nSPS) is 34.9. The zero-order valence-corrected chi connectivity index (χ0v) is 14.6. The minimum absolute atomic E-state index is 0.717. The molecule has 3 atom stereocenters. The van der Waals surface area contributed by atoms with Crippen molar-refractivity contribution in [2.75, 3.05) is 20.1 Å². The number of rotatable bonds is 2. The molecule has 21 heavy (non-hydrogen) atoms. The quantitative estimate of drug-likeness (QED) is 0.801. The Morgan fingerprint density at radius 3 is 2.00 bits per heavy atom. The highest BCUT2D eigenvalue weighted by atomic mass is 15.2. The lowest BCUT2D eigenvalue weighted by atomic mass is 9.90. The number of piperidine rings is 1. The van der Waals surface area contributed by atoms with Gasteiger partial charge in [-0.3, -0.25) is 4.90 Å². The molecule has 1 heterocycles. The molecule has 2 nitrogen and oxygen atoms in total. The lowest BCUT2D eigenvalue weighted by Gasteiger charge is -2.41. The summed E-state index contributed by atoms with van der Waals surface area (Å²) in [7, 11) is 2.19. The van der Waals surface area contributed by atoms with E-state index in [1.54, 1.807) is 0 Å². The summed E-state index contributed by atoms with van der Waals surface area (Å²) < 4.78 is 0. The van der Waals surface area contributed by atoms with Gasteiger partial charge in [-0.1, -0.05) is 58.3 Å². The lowest BCUT2D eigenvalue weighted by molar-refractivity contribution is 0.0936. The lowest BCUT2D eigenvalue weighted by Crippen LogP contribution is -2.52. The molecule has 124 valence electrons. The summed E-state index contributed by atoms with van der Waals surface area (Å²) in [6, 6.07) is 1.51.